The molecule has 0 radical (unpaired) electrons. The number of aromatic nitrogens is 1. The van der Waals surface area contributed by atoms with Gasteiger partial charge in [0, 0.05) is 0 Å². The topological polar surface area (TPSA) is 179 Å². The molecule has 1 amide bonds. The number of aliphatic hydroxyl groups is 1. The van der Waals surface area contributed by atoms with Crippen LogP contribution in [0.5, 0.6) is 0 Å². The van der Waals surface area contributed by atoms with E-state index in [0.717, 1.165) is 6.92 Å². The second-order valence-electron chi connectivity index (χ2n) is 4.88. The van der Waals surface area contributed by atoms with Crippen molar-refractivity contribution in [3.05, 3.63) is 15.2 Å². The van der Waals surface area contributed by atoms with Gasteiger partial charge in [0.15, 0.2) is 0 Å². The van der Waals surface area contributed by atoms with Crippen molar-refractivity contribution in [2.45, 2.75) is 31.3 Å². The van der Waals surface area contributed by atoms with E-state index in [1.165, 1.54) is 4.94 Å². The van der Waals surface area contributed by atoms with Gasteiger partial charge in [0.2, 0.25) is 0 Å². The van der Waals surface area contributed by atoms with Crippen LogP contribution < -0.4 is 5.73 Å². The number of amides is 1. The van der Waals surface area contributed by atoms with Crippen molar-refractivity contribution in [3.63, 3.8) is 0 Å². The molecule has 0 aromatic carbocycles. The summed E-state index contributed by atoms with van der Waals surface area (Å²) in [5, 5.41) is 10.2. The van der Waals surface area contributed by atoms with E-state index < -0.39 is 65.2 Å². The summed E-state index contributed by atoms with van der Waals surface area (Å²) in [4.78, 5) is 45.4. The Morgan fingerprint density at radius 2 is 2.17 bits per heavy atom. The van der Waals surface area contributed by atoms with E-state index in [2.05, 4.69) is 9.51 Å². The van der Waals surface area contributed by atoms with Crippen molar-refractivity contribution >= 4 is 34.2 Å². The molecule has 134 valence electrons. The molecule has 0 unspecified atom stereocenters. The summed E-state index contributed by atoms with van der Waals surface area (Å²) in [5.41, 5.74) is 5.18. The van der Waals surface area contributed by atoms with Crippen LogP contribution in [0.3, 0.4) is 0 Å². The number of nitrogens with zero attached hydrogens (tertiary/aromatic N) is 1. The van der Waals surface area contributed by atoms with Crippen LogP contribution in [-0.2, 0) is 23.4 Å². The summed E-state index contributed by atoms with van der Waals surface area (Å²) in [6, 6.07) is 0. The number of hydrogen-bond acceptors (Lipinski definition) is 8. The molecular weight excluding hydrogens is 414 g/mol. The van der Waals surface area contributed by atoms with Crippen LogP contribution in [-0.4, -0.2) is 71.2 Å². The molecule has 1 aliphatic rings. The number of phosphoric acid groups is 1. The molecule has 4 atom stereocenters. The van der Waals surface area contributed by atoms with E-state index in [1.807, 2.05) is 0 Å². The van der Waals surface area contributed by atoms with Crippen LogP contribution in [0.15, 0.2) is 4.94 Å². The van der Waals surface area contributed by atoms with Gasteiger partial charge >= 0.3 is 141 Å². The first kappa shape index (κ1) is 19.2. The SMILES string of the molecule is CC(=O)O[C@@H]1[C@H](O)[C@@H](COP(=O)(O)O)O[C@H]1c1nc(C(N)=O)c[se]1. The first-order valence-corrected chi connectivity index (χ1v) is 9.92. The number of carbonyl (C=O) groups excluding carboxylic acids is 2. The Kier molecular flexibility index (Phi) is 5.95. The molecule has 0 bridgehead atoms. The van der Waals surface area contributed by atoms with Crippen molar-refractivity contribution < 1.29 is 43.0 Å². The van der Waals surface area contributed by atoms with E-state index in [0.29, 0.717) is 4.57 Å². The molecule has 1 aromatic heterocycles. The summed E-state index contributed by atoms with van der Waals surface area (Å²) in [6.07, 6.45) is -4.65. The normalized spacial score (nSPS) is 27.2. The molecular formula is C11H15N2O9PSe. The first-order valence-electron chi connectivity index (χ1n) is 6.54. The van der Waals surface area contributed by atoms with E-state index >= 15 is 0 Å². The van der Waals surface area contributed by atoms with E-state index in [9.17, 15) is 19.3 Å². The van der Waals surface area contributed by atoms with Gasteiger partial charge in [-0.25, -0.2) is 0 Å². The third-order valence-corrected chi connectivity index (χ3v) is 5.45. The summed E-state index contributed by atoms with van der Waals surface area (Å²) < 4.78 is 26.0. The molecule has 13 heteroatoms. The number of carbonyl (C=O) groups is 2. The van der Waals surface area contributed by atoms with Gasteiger partial charge in [-0.1, -0.05) is 0 Å². The van der Waals surface area contributed by atoms with Crippen molar-refractivity contribution in [1.82, 2.24) is 4.98 Å². The third-order valence-electron chi connectivity index (χ3n) is 3.06. The number of primary amides is 1. The Bertz CT molecular complexity index is 674. The van der Waals surface area contributed by atoms with Gasteiger partial charge in [-0.3, -0.25) is 0 Å². The molecule has 1 saturated heterocycles. The number of aliphatic hydroxyl groups excluding tert-OH is 1. The van der Waals surface area contributed by atoms with E-state index in [4.69, 9.17) is 25.0 Å². The Morgan fingerprint density at radius 3 is 2.67 bits per heavy atom. The fourth-order valence-corrected chi connectivity index (χ4v) is 4.28. The minimum absolute atomic E-state index is 0.0413. The van der Waals surface area contributed by atoms with Crippen LogP contribution in [0.25, 0.3) is 0 Å². The third kappa shape index (κ3) is 4.71. The van der Waals surface area contributed by atoms with E-state index in [1.54, 1.807) is 0 Å². The second-order valence-corrected chi connectivity index (χ2v) is 7.99. The van der Waals surface area contributed by atoms with Crippen molar-refractivity contribution in [2.24, 2.45) is 5.73 Å². The van der Waals surface area contributed by atoms with Crippen LogP contribution in [0, 0.1) is 0 Å². The maximum atomic E-state index is 11.2. The van der Waals surface area contributed by atoms with Crippen molar-refractivity contribution in [1.29, 1.82) is 0 Å². The zero-order chi connectivity index (χ0) is 18.1. The Hall–Kier alpha value is -1.10. The van der Waals surface area contributed by atoms with E-state index in [-0.39, 0.29) is 5.69 Å². The molecule has 1 fully saturated rings. The summed E-state index contributed by atoms with van der Waals surface area (Å²) in [7, 11) is -4.76. The monoisotopic (exact) mass is 430 g/mol. The summed E-state index contributed by atoms with van der Waals surface area (Å²) in [5.74, 6) is -1.41. The van der Waals surface area contributed by atoms with Crippen LogP contribution in [0.1, 0.15) is 28.1 Å². The average molecular weight is 429 g/mol. The van der Waals surface area contributed by atoms with Gasteiger partial charge in [-0.05, 0) is 0 Å². The van der Waals surface area contributed by atoms with Crippen LogP contribution in [0.4, 0.5) is 0 Å². The first-order chi connectivity index (χ1) is 11.1. The molecule has 1 aromatic rings. The summed E-state index contributed by atoms with van der Waals surface area (Å²) >= 11 is -0.411. The van der Waals surface area contributed by atoms with Crippen molar-refractivity contribution in [2.75, 3.05) is 6.61 Å². The molecule has 0 saturated carbocycles. The van der Waals surface area contributed by atoms with Crippen molar-refractivity contribution in [3.8, 4) is 0 Å². The van der Waals surface area contributed by atoms with Gasteiger partial charge < -0.3 is 0 Å². The average Bonchev–Trinajstić information content (AvgIpc) is 3.03. The molecule has 2 heterocycles. The molecule has 2 rings (SSSR count). The van der Waals surface area contributed by atoms with Gasteiger partial charge in [0.1, 0.15) is 0 Å². The fourth-order valence-electron chi connectivity index (χ4n) is 2.10. The molecule has 11 nitrogen and oxygen atoms in total. The Morgan fingerprint density at radius 1 is 1.50 bits per heavy atom. The molecule has 0 aliphatic carbocycles. The number of nitrogens with two attached hydrogens (primary N) is 1. The number of ether oxygens (including phenoxy) is 2. The van der Waals surface area contributed by atoms with Gasteiger partial charge in [0.25, 0.3) is 0 Å². The van der Waals surface area contributed by atoms with Gasteiger partial charge in [-0.15, -0.1) is 0 Å². The van der Waals surface area contributed by atoms with Gasteiger partial charge in [-0.2, -0.15) is 0 Å². The molecule has 1 aliphatic heterocycles. The van der Waals surface area contributed by atoms with Crippen LogP contribution >= 0.6 is 7.82 Å². The quantitative estimate of drug-likeness (QED) is 0.226. The number of hydrogen-bond donors (Lipinski definition) is 4. The number of esters is 1. The zero-order valence-electron chi connectivity index (χ0n) is 12.3. The minimum atomic E-state index is -4.76. The van der Waals surface area contributed by atoms with Crippen LogP contribution in [0.2, 0.25) is 0 Å². The Labute approximate surface area is 141 Å². The molecule has 0 spiro atoms. The number of rotatable bonds is 6. The molecule has 24 heavy (non-hydrogen) atoms. The summed E-state index contributed by atoms with van der Waals surface area (Å²) in [6.45, 7) is 0.522. The number of phosphoric ester groups is 1. The maximum absolute atomic E-state index is 11.2. The fraction of sp³-hybridized carbons (Fsp3) is 0.545. The predicted molar refractivity (Wildman–Crippen MR) is 76.9 cm³/mol. The zero-order valence-corrected chi connectivity index (χ0v) is 14.9. The molecule has 5 N–H and O–H groups in total. The van der Waals surface area contributed by atoms with Gasteiger partial charge in [0.05, 0.1) is 0 Å². The standard InChI is InChI=1S/C11H15N2O9PSe/c1-4(14)21-8-7(15)6(2-20-23(17,18)19)22-9(8)11-13-5(3-24-11)10(12)16/h3,6-9,15H,2H2,1H3,(H2,12,16)(H2,17,18,19)/t6-,7-,8-,9-/m1/s1. The Balaban J connectivity index is 2.21. The second kappa shape index (κ2) is 7.42. The predicted octanol–water partition coefficient (Wildman–Crippen LogP) is -1.92.